The summed E-state index contributed by atoms with van der Waals surface area (Å²) in [4.78, 5) is 27.6. The highest BCUT2D eigenvalue weighted by Gasteiger charge is 2.20. The lowest BCUT2D eigenvalue weighted by Gasteiger charge is -2.07. The van der Waals surface area contributed by atoms with Gasteiger partial charge in [0.25, 0.3) is 5.56 Å². The summed E-state index contributed by atoms with van der Waals surface area (Å²) in [5.41, 5.74) is 6.52. The van der Waals surface area contributed by atoms with Crippen LogP contribution in [0.4, 0.5) is 0 Å². The van der Waals surface area contributed by atoms with Crippen molar-refractivity contribution in [1.29, 1.82) is 0 Å². The van der Waals surface area contributed by atoms with Gasteiger partial charge < -0.3 is 20.0 Å². The molecule has 0 saturated carbocycles. The third kappa shape index (κ3) is 2.00. The number of aromatic amines is 1. The number of methoxy groups -OCH3 is 1. The van der Waals surface area contributed by atoms with Crippen molar-refractivity contribution in [1.82, 2.24) is 9.55 Å². The minimum absolute atomic E-state index is 0.0136. The maximum Gasteiger partial charge on any atom is 0.345 e. The molecule has 0 bridgehead atoms. The summed E-state index contributed by atoms with van der Waals surface area (Å²) in [6.45, 7) is 0.659. The zero-order valence-corrected chi connectivity index (χ0v) is 11.6. The number of fused-ring (bicyclic) bond motifs is 3. The van der Waals surface area contributed by atoms with E-state index in [1.807, 2.05) is 24.3 Å². The highest BCUT2D eigenvalue weighted by Crippen LogP contribution is 2.26. The number of esters is 1. The number of nitrogens with one attached hydrogen (secondary N) is 1. The molecule has 0 spiro atoms. The molecule has 0 aliphatic rings. The lowest BCUT2D eigenvalue weighted by atomic mass is 10.1. The van der Waals surface area contributed by atoms with Crippen molar-refractivity contribution in [3.63, 3.8) is 0 Å². The monoisotopic (exact) mass is 285 g/mol. The molecule has 108 valence electrons. The zero-order valence-electron chi connectivity index (χ0n) is 11.6. The third-order valence-corrected chi connectivity index (χ3v) is 3.52. The van der Waals surface area contributed by atoms with E-state index in [2.05, 4.69) is 4.98 Å². The van der Waals surface area contributed by atoms with Gasteiger partial charge in [-0.3, -0.25) is 4.79 Å². The molecule has 0 amide bonds. The number of H-pyrrole nitrogens is 1. The van der Waals surface area contributed by atoms with Gasteiger partial charge in [-0.15, -0.1) is 0 Å². The van der Waals surface area contributed by atoms with E-state index in [0.717, 1.165) is 16.3 Å². The maximum absolute atomic E-state index is 12.4. The predicted molar refractivity (Wildman–Crippen MR) is 80.5 cm³/mol. The van der Waals surface area contributed by atoms with Crippen LogP contribution in [-0.2, 0) is 11.3 Å². The Kier molecular flexibility index (Phi) is 3.23. The van der Waals surface area contributed by atoms with Crippen molar-refractivity contribution in [2.45, 2.75) is 6.54 Å². The Morgan fingerprint density at radius 1 is 1.33 bits per heavy atom. The van der Waals surface area contributed by atoms with Gasteiger partial charge in [0.05, 0.1) is 12.6 Å². The van der Waals surface area contributed by atoms with Crippen molar-refractivity contribution in [2.75, 3.05) is 13.7 Å². The van der Waals surface area contributed by atoms with Gasteiger partial charge in [-0.2, -0.15) is 0 Å². The molecule has 3 rings (SSSR count). The van der Waals surface area contributed by atoms with Crippen LogP contribution >= 0.6 is 0 Å². The summed E-state index contributed by atoms with van der Waals surface area (Å²) >= 11 is 0. The van der Waals surface area contributed by atoms with Gasteiger partial charge in [-0.1, -0.05) is 18.2 Å². The van der Waals surface area contributed by atoms with E-state index in [1.165, 1.54) is 11.7 Å². The first-order chi connectivity index (χ1) is 10.2. The number of carbonyl (C=O) groups excluding carboxylic acids is 1. The molecule has 6 heteroatoms. The molecular weight excluding hydrogens is 270 g/mol. The van der Waals surface area contributed by atoms with Crippen LogP contribution in [0.1, 0.15) is 10.4 Å². The molecular formula is C15H15N3O3. The van der Waals surface area contributed by atoms with E-state index in [4.69, 9.17) is 10.5 Å². The molecule has 3 N–H and O–H groups in total. The van der Waals surface area contributed by atoms with Gasteiger partial charge in [0.1, 0.15) is 5.56 Å². The number of pyridine rings is 1. The van der Waals surface area contributed by atoms with E-state index in [9.17, 15) is 9.59 Å². The SMILES string of the molecule is COC(=O)c1c(=O)n(CCN)cc2c1[nH]c1ccccc12. The average molecular weight is 285 g/mol. The van der Waals surface area contributed by atoms with Gasteiger partial charge in [0.2, 0.25) is 0 Å². The zero-order chi connectivity index (χ0) is 15.0. The molecule has 0 radical (unpaired) electrons. The summed E-state index contributed by atoms with van der Waals surface area (Å²) in [5.74, 6) is -0.650. The molecule has 0 atom stereocenters. The first-order valence-electron chi connectivity index (χ1n) is 6.59. The van der Waals surface area contributed by atoms with Gasteiger partial charge in [-0.05, 0) is 6.07 Å². The first-order valence-corrected chi connectivity index (χ1v) is 6.59. The van der Waals surface area contributed by atoms with Crippen LogP contribution in [0.15, 0.2) is 35.3 Å². The highest BCUT2D eigenvalue weighted by molar-refractivity contribution is 6.13. The Labute approximate surface area is 120 Å². The van der Waals surface area contributed by atoms with Gasteiger partial charge in [0, 0.05) is 35.6 Å². The van der Waals surface area contributed by atoms with Crippen molar-refractivity contribution in [3.05, 3.63) is 46.4 Å². The summed E-state index contributed by atoms with van der Waals surface area (Å²) in [7, 11) is 1.26. The summed E-state index contributed by atoms with van der Waals surface area (Å²) in [6, 6.07) is 7.63. The number of nitrogens with two attached hydrogens (primary N) is 1. The van der Waals surface area contributed by atoms with Gasteiger partial charge >= 0.3 is 5.97 Å². The fraction of sp³-hybridized carbons (Fsp3) is 0.200. The molecule has 1 aromatic carbocycles. The third-order valence-electron chi connectivity index (χ3n) is 3.52. The second-order valence-corrected chi connectivity index (χ2v) is 4.74. The van der Waals surface area contributed by atoms with Crippen LogP contribution in [-0.4, -0.2) is 29.2 Å². The Morgan fingerprint density at radius 2 is 2.10 bits per heavy atom. The van der Waals surface area contributed by atoms with Crippen LogP contribution in [0, 0.1) is 0 Å². The number of carbonyl (C=O) groups is 1. The number of para-hydroxylation sites is 1. The molecule has 0 aliphatic carbocycles. The fourth-order valence-electron chi connectivity index (χ4n) is 2.56. The quantitative estimate of drug-likeness (QED) is 0.708. The van der Waals surface area contributed by atoms with Crippen LogP contribution in [0.3, 0.4) is 0 Å². The Bertz CT molecular complexity index is 892. The molecule has 2 aromatic heterocycles. The average Bonchev–Trinajstić information content (AvgIpc) is 2.86. The van der Waals surface area contributed by atoms with Crippen molar-refractivity contribution >= 4 is 27.8 Å². The normalized spacial score (nSPS) is 11.1. The number of aromatic nitrogens is 2. The molecule has 2 heterocycles. The smallest absolute Gasteiger partial charge is 0.345 e. The second-order valence-electron chi connectivity index (χ2n) is 4.74. The van der Waals surface area contributed by atoms with Crippen molar-refractivity contribution in [3.8, 4) is 0 Å². The maximum atomic E-state index is 12.4. The fourth-order valence-corrected chi connectivity index (χ4v) is 2.56. The topological polar surface area (TPSA) is 90.1 Å². The molecule has 6 nitrogen and oxygen atoms in total. The lowest BCUT2D eigenvalue weighted by Crippen LogP contribution is -2.29. The Hall–Kier alpha value is -2.60. The van der Waals surface area contributed by atoms with E-state index in [0.29, 0.717) is 18.6 Å². The largest absolute Gasteiger partial charge is 0.465 e. The molecule has 0 saturated heterocycles. The first kappa shape index (κ1) is 13.4. The number of rotatable bonds is 3. The van der Waals surface area contributed by atoms with Gasteiger partial charge in [-0.25, -0.2) is 4.79 Å². The molecule has 0 fully saturated rings. The number of nitrogens with zero attached hydrogens (tertiary/aromatic N) is 1. The molecule has 3 aromatic rings. The van der Waals surface area contributed by atoms with Crippen molar-refractivity contribution in [2.24, 2.45) is 5.73 Å². The van der Waals surface area contributed by atoms with Crippen LogP contribution in [0.2, 0.25) is 0 Å². The number of hydrogen-bond donors (Lipinski definition) is 2. The summed E-state index contributed by atoms with van der Waals surface area (Å²) < 4.78 is 6.20. The van der Waals surface area contributed by atoms with Crippen LogP contribution in [0.25, 0.3) is 21.8 Å². The minimum Gasteiger partial charge on any atom is -0.465 e. The van der Waals surface area contributed by atoms with E-state index in [-0.39, 0.29) is 5.56 Å². The molecule has 0 unspecified atom stereocenters. The minimum atomic E-state index is -0.650. The molecule has 21 heavy (non-hydrogen) atoms. The second kappa shape index (κ2) is 5.06. The van der Waals surface area contributed by atoms with Crippen LogP contribution in [0.5, 0.6) is 0 Å². The number of benzene rings is 1. The lowest BCUT2D eigenvalue weighted by molar-refractivity contribution is 0.0600. The van der Waals surface area contributed by atoms with E-state index >= 15 is 0 Å². The predicted octanol–water partition coefficient (Wildman–Crippen LogP) is 1.23. The summed E-state index contributed by atoms with van der Waals surface area (Å²) in [6.07, 6.45) is 1.73. The Morgan fingerprint density at radius 3 is 2.81 bits per heavy atom. The standard InChI is InChI=1S/C15H15N3O3/c1-21-15(20)12-13-10(8-18(7-6-16)14(12)19)9-4-2-3-5-11(9)17-13/h2-5,8,17H,6-7,16H2,1H3. The number of ether oxygens (including phenoxy) is 1. The van der Waals surface area contributed by atoms with Crippen molar-refractivity contribution < 1.29 is 9.53 Å². The van der Waals surface area contributed by atoms with E-state index in [1.54, 1.807) is 6.20 Å². The highest BCUT2D eigenvalue weighted by atomic mass is 16.5. The molecule has 0 aliphatic heterocycles. The van der Waals surface area contributed by atoms with Gasteiger partial charge in [0.15, 0.2) is 0 Å². The number of hydrogen-bond acceptors (Lipinski definition) is 4. The Balaban J connectivity index is 2.48. The summed E-state index contributed by atoms with van der Waals surface area (Å²) in [5, 5.41) is 1.75. The van der Waals surface area contributed by atoms with Crippen LogP contribution < -0.4 is 11.3 Å². The van der Waals surface area contributed by atoms with E-state index < -0.39 is 11.5 Å².